The zero-order chi connectivity index (χ0) is 39.8. The van der Waals surface area contributed by atoms with Crippen LogP contribution >= 0.6 is 0 Å². The highest BCUT2D eigenvalue weighted by molar-refractivity contribution is 5.99. The minimum atomic E-state index is 0.590. The molecule has 5 nitrogen and oxygen atoms in total. The maximum absolute atomic E-state index is 5.22. The van der Waals surface area contributed by atoms with Crippen molar-refractivity contribution in [3.63, 3.8) is 0 Å². The molecular formula is C55H35N5. The average Bonchev–Trinajstić information content (AvgIpc) is 3.33. The highest BCUT2D eigenvalue weighted by Gasteiger charge is 2.16. The second kappa shape index (κ2) is 15.0. The summed E-state index contributed by atoms with van der Waals surface area (Å²) in [5.41, 5.74) is 12.4. The topological polar surface area (TPSA) is 64.5 Å². The summed E-state index contributed by atoms with van der Waals surface area (Å²) in [6.07, 6.45) is 0. The van der Waals surface area contributed by atoms with Gasteiger partial charge < -0.3 is 0 Å². The van der Waals surface area contributed by atoms with E-state index in [0.29, 0.717) is 11.6 Å². The molecule has 3 aromatic heterocycles. The second-order valence-electron chi connectivity index (χ2n) is 14.9. The van der Waals surface area contributed by atoms with Gasteiger partial charge in [0.05, 0.1) is 28.3 Å². The third kappa shape index (κ3) is 6.64. The predicted molar refractivity (Wildman–Crippen MR) is 246 cm³/mol. The molecule has 0 aliphatic heterocycles. The zero-order valence-electron chi connectivity index (χ0n) is 32.4. The molecule has 11 rings (SSSR count). The Morgan fingerprint density at radius 3 is 1.30 bits per heavy atom. The molecule has 0 saturated heterocycles. The van der Waals surface area contributed by atoms with Gasteiger partial charge in [-0.2, -0.15) is 0 Å². The number of para-hydroxylation sites is 1. The van der Waals surface area contributed by atoms with Crippen LogP contribution in [0.5, 0.6) is 0 Å². The van der Waals surface area contributed by atoms with Gasteiger partial charge in [-0.25, -0.2) is 24.9 Å². The van der Waals surface area contributed by atoms with E-state index in [1.54, 1.807) is 0 Å². The van der Waals surface area contributed by atoms with Gasteiger partial charge in [0, 0.05) is 33.2 Å². The largest absolute Gasteiger partial charge is 0.244 e. The normalized spacial score (nSPS) is 11.3. The molecule has 8 aromatic carbocycles. The maximum atomic E-state index is 5.22. The van der Waals surface area contributed by atoms with Gasteiger partial charge in [-0.3, -0.25) is 0 Å². The molecular weight excluding hydrogens is 731 g/mol. The third-order valence-electron chi connectivity index (χ3n) is 11.1. The molecule has 11 aromatic rings. The summed E-state index contributed by atoms with van der Waals surface area (Å²) in [7, 11) is 0. The Morgan fingerprint density at radius 1 is 0.233 bits per heavy atom. The van der Waals surface area contributed by atoms with E-state index in [2.05, 4.69) is 170 Å². The molecule has 280 valence electrons. The number of pyridine rings is 1. The summed E-state index contributed by atoms with van der Waals surface area (Å²) in [6, 6.07) is 73.5. The molecule has 0 atom stereocenters. The Kier molecular flexibility index (Phi) is 8.75. The number of rotatable bonds is 7. The van der Waals surface area contributed by atoms with Crippen LogP contribution in [0, 0.1) is 0 Å². The van der Waals surface area contributed by atoms with Crippen molar-refractivity contribution in [3.05, 3.63) is 212 Å². The van der Waals surface area contributed by atoms with Crippen molar-refractivity contribution in [1.29, 1.82) is 0 Å². The van der Waals surface area contributed by atoms with E-state index in [0.717, 1.165) is 89.1 Å². The van der Waals surface area contributed by atoms with Gasteiger partial charge in [0.25, 0.3) is 0 Å². The van der Waals surface area contributed by atoms with Gasteiger partial charge in [-0.05, 0) is 56.9 Å². The van der Waals surface area contributed by atoms with E-state index in [4.69, 9.17) is 24.9 Å². The number of benzene rings is 8. The molecule has 0 aliphatic rings. The number of aromatic nitrogens is 5. The van der Waals surface area contributed by atoms with Crippen molar-refractivity contribution >= 4 is 32.4 Å². The van der Waals surface area contributed by atoms with Crippen molar-refractivity contribution in [1.82, 2.24) is 24.9 Å². The molecule has 0 unspecified atom stereocenters. The van der Waals surface area contributed by atoms with Crippen LogP contribution in [-0.4, -0.2) is 24.9 Å². The van der Waals surface area contributed by atoms with Crippen molar-refractivity contribution in [3.8, 4) is 79.1 Å². The molecule has 0 bridgehead atoms. The highest BCUT2D eigenvalue weighted by atomic mass is 14.9. The summed E-state index contributed by atoms with van der Waals surface area (Å²) < 4.78 is 0. The van der Waals surface area contributed by atoms with Crippen molar-refractivity contribution in [2.75, 3.05) is 0 Å². The van der Waals surface area contributed by atoms with Crippen LogP contribution < -0.4 is 0 Å². The highest BCUT2D eigenvalue weighted by Crippen LogP contribution is 2.36. The van der Waals surface area contributed by atoms with Gasteiger partial charge in [0.1, 0.15) is 5.69 Å². The minimum absolute atomic E-state index is 0.590. The Hall–Kier alpha value is -8.15. The standard InChI is InChI=1S/C55H35N5/c1-2-14-40(15-3-1)50-34-51(58-55(57-50)49-33-32-41-16-6-9-23-48(41)56-49)42-28-24-36(25-29-42)37-26-30-43(31-27-37)54-59-52(46-21-10-17-38-12-4-7-19-44(38)46)35-53(60-54)47-22-11-18-39-13-5-8-20-45(39)47/h1-35H. The van der Waals surface area contributed by atoms with Crippen LogP contribution in [0.25, 0.3) is 112 Å². The molecule has 3 heterocycles. The first-order valence-electron chi connectivity index (χ1n) is 20.1. The third-order valence-corrected chi connectivity index (χ3v) is 11.1. The number of hydrogen-bond acceptors (Lipinski definition) is 5. The van der Waals surface area contributed by atoms with Crippen molar-refractivity contribution in [2.24, 2.45) is 0 Å². The van der Waals surface area contributed by atoms with Crippen molar-refractivity contribution in [2.45, 2.75) is 0 Å². The summed E-state index contributed by atoms with van der Waals surface area (Å²) in [5, 5.41) is 5.75. The summed E-state index contributed by atoms with van der Waals surface area (Å²) in [5.74, 6) is 1.27. The first-order chi connectivity index (χ1) is 29.7. The lowest BCUT2D eigenvalue weighted by molar-refractivity contribution is 1.16. The van der Waals surface area contributed by atoms with E-state index in [-0.39, 0.29) is 0 Å². The zero-order valence-corrected chi connectivity index (χ0v) is 32.4. The molecule has 0 aliphatic carbocycles. The monoisotopic (exact) mass is 765 g/mol. The van der Waals surface area contributed by atoms with Crippen LogP contribution in [0.1, 0.15) is 0 Å². The van der Waals surface area contributed by atoms with E-state index >= 15 is 0 Å². The first-order valence-corrected chi connectivity index (χ1v) is 20.1. The summed E-state index contributed by atoms with van der Waals surface area (Å²) >= 11 is 0. The predicted octanol–water partition coefficient (Wildman–Crippen LogP) is 13.8. The number of fused-ring (bicyclic) bond motifs is 3. The van der Waals surface area contributed by atoms with Gasteiger partial charge in [-0.15, -0.1) is 0 Å². The fourth-order valence-electron chi connectivity index (χ4n) is 8.05. The van der Waals surface area contributed by atoms with E-state index in [9.17, 15) is 0 Å². The molecule has 5 heteroatoms. The summed E-state index contributed by atoms with van der Waals surface area (Å²) in [6.45, 7) is 0. The van der Waals surface area contributed by atoms with Gasteiger partial charge in [0.2, 0.25) is 0 Å². The van der Waals surface area contributed by atoms with Crippen LogP contribution in [0.15, 0.2) is 212 Å². The lowest BCUT2D eigenvalue weighted by atomic mass is 9.98. The van der Waals surface area contributed by atoms with Gasteiger partial charge in [-0.1, -0.05) is 188 Å². The van der Waals surface area contributed by atoms with E-state index in [1.807, 2.05) is 42.5 Å². The molecule has 0 saturated carbocycles. The molecule has 0 amide bonds. The fraction of sp³-hybridized carbons (Fsp3) is 0. The summed E-state index contributed by atoms with van der Waals surface area (Å²) in [4.78, 5) is 25.4. The van der Waals surface area contributed by atoms with Crippen LogP contribution in [0.4, 0.5) is 0 Å². The lowest BCUT2D eigenvalue weighted by Gasteiger charge is -2.13. The van der Waals surface area contributed by atoms with E-state index in [1.165, 1.54) is 10.8 Å². The molecule has 60 heavy (non-hydrogen) atoms. The Labute approximate surface area is 347 Å². The smallest absolute Gasteiger partial charge is 0.179 e. The van der Waals surface area contributed by atoms with Crippen LogP contribution in [0.2, 0.25) is 0 Å². The van der Waals surface area contributed by atoms with Crippen LogP contribution in [-0.2, 0) is 0 Å². The minimum Gasteiger partial charge on any atom is -0.244 e. The Morgan fingerprint density at radius 2 is 0.683 bits per heavy atom. The Balaban J connectivity index is 0.954. The number of hydrogen-bond donors (Lipinski definition) is 0. The lowest BCUT2D eigenvalue weighted by Crippen LogP contribution is -1.97. The Bertz CT molecular complexity index is 3250. The molecule has 0 spiro atoms. The quantitative estimate of drug-likeness (QED) is 0.162. The van der Waals surface area contributed by atoms with Gasteiger partial charge in [0.15, 0.2) is 11.6 Å². The fourth-order valence-corrected chi connectivity index (χ4v) is 8.05. The van der Waals surface area contributed by atoms with E-state index < -0.39 is 0 Å². The molecule has 0 radical (unpaired) electrons. The first kappa shape index (κ1) is 35.0. The maximum Gasteiger partial charge on any atom is 0.179 e. The van der Waals surface area contributed by atoms with Crippen LogP contribution in [0.3, 0.4) is 0 Å². The molecule has 0 N–H and O–H groups in total. The second-order valence-corrected chi connectivity index (χ2v) is 14.9. The van der Waals surface area contributed by atoms with Crippen molar-refractivity contribution < 1.29 is 0 Å². The molecule has 0 fully saturated rings. The number of nitrogens with zero attached hydrogens (tertiary/aromatic N) is 5. The average molecular weight is 766 g/mol. The van der Waals surface area contributed by atoms with Gasteiger partial charge >= 0.3 is 0 Å². The SMILES string of the molecule is c1ccc(-c2cc(-c3ccc(-c4ccc(-c5nc(-c6cccc7ccccc67)cc(-c6cccc7ccccc67)n5)cc4)cc3)nc(-c3ccc4ccccc4n3)n2)cc1.